The molecule has 1 aromatic carbocycles. The second-order valence-electron chi connectivity index (χ2n) is 5.60. The molecule has 1 aliphatic rings. The number of rotatable bonds is 4. The van der Waals surface area contributed by atoms with Gasteiger partial charge in [0, 0.05) is 12.7 Å². The van der Waals surface area contributed by atoms with Gasteiger partial charge in [0.1, 0.15) is 0 Å². The fraction of sp³-hybridized carbons (Fsp3) is 0.375. The number of hydrogen-bond donors (Lipinski definition) is 0. The van der Waals surface area contributed by atoms with Crippen LogP contribution in [0.4, 0.5) is 0 Å². The average Bonchev–Trinajstić information content (AvgIpc) is 2.98. The average molecular weight is 317 g/mol. The zero-order chi connectivity index (χ0) is 15.6. The predicted octanol–water partition coefficient (Wildman–Crippen LogP) is 2.45. The molecule has 0 aliphatic carbocycles. The normalized spacial score (nSPS) is 19.4. The van der Waals surface area contributed by atoms with Crippen molar-refractivity contribution in [3.05, 3.63) is 59.7 Å². The van der Waals surface area contributed by atoms with E-state index in [1.807, 2.05) is 37.3 Å². The van der Waals surface area contributed by atoms with Crippen LogP contribution in [0.2, 0.25) is 0 Å². The van der Waals surface area contributed by atoms with Crippen molar-refractivity contribution >= 4 is 10.0 Å². The lowest BCUT2D eigenvalue weighted by Crippen LogP contribution is -2.32. The molecular formula is C16H19N3O2S. The van der Waals surface area contributed by atoms with Gasteiger partial charge in [-0.25, -0.2) is 8.42 Å². The minimum atomic E-state index is -3.36. The van der Waals surface area contributed by atoms with Gasteiger partial charge in [-0.1, -0.05) is 30.3 Å². The summed E-state index contributed by atoms with van der Waals surface area (Å²) in [5.41, 5.74) is 2.36. The summed E-state index contributed by atoms with van der Waals surface area (Å²) in [5, 5.41) is 0. The summed E-state index contributed by atoms with van der Waals surface area (Å²) in [7, 11) is -3.36. The molecule has 0 radical (unpaired) electrons. The van der Waals surface area contributed by atoms with Crippen molar-refractivity contribution in [3.8, 4) is 0 Å². The first-order valence-electron chi connectivity index (χ1n) is 7.38. The number of aromatic nitrogens is 2. The summed E-state index contributed by atoms with van der Waals surface area (Å²) in [6.07, 6.45) is 5.01. The Morgan fingerprint density at radius 2 is 2.00 bits per heavy atom. The van der Waals surface area contributed by atoms with Gasteiger partial charge in [-0.2, -0.15) is 4.31 Å². The molecule has 1 atom stereocenters. The van der Waals surface area contributed by atoms with Crippen LogP contribution in [-0.2, 0) is 15.8 Å². The van der Waals surface area contributed by atoms with Crippen molar-refractivity contribution in [1.29, 1.82) is 0 Å². The Kier molecular flexibility index (Phi) is 4.22. The highest BCUT2D eigenvalue weighted by Crippen LogP contribution is 2.34. The summed E-state index contributed by atoms with van der Waals surface area (Å²) in [6, 6.07) is 9.10. The molecule has 6 heteroatoms. The number of benzene rings is 1. The number of nitrogens with zero attached hydrogens (tertiary/aromatic N) is 3. The van der Waals surface area contributed by atoms with E-state index in [9.17, 15) is 8.42 Å². The van der Waals surface area contributed by atoms with Crippen LogP contribution in [0.25, 0.3) is 0 Å². The van der Waals surface area contributed by atoms with Crippen LogP contribution in [0.1, 0.15) is 35.8 Å². The zero-order valence-electron chi connectivity index (χ0n) is 12.5. The van der Waals surface area contributed by atoms with Gasteiger partial charge < -0.3 is 0 Å². The van der Waals surface area contributed by atoms with E-state index in [0.29, 0.717) is 6.54 Å². The van der Waals surface area contributed by atoms with Crippen molar-refractivity contribution in [2.75, 3.05) is 6.54 Å². The van der Waals surface area contributed by atoms with E-state index in [2.05, 4.69) is 9.97 Å². The van der Waals surface area contributed by atoms with Crippen molar-refractivity contribution < 1.29 is 8.42 Å². The quantitative estimate of drug-likeness (QED) is 0.869. The molecule has 116 valence electrons. The van der Waals surface area contributed by atoms with Crippen LogP contribution >= 0.6 is 0 Å². The Morgan fingerprint density at radius 3 is 2.73 bits per heavy atom. The molecule has 1 fully saturated rings. The highest BCUT2D eigenvalue weighted by atomic mass is 32.2. The molecule has 3 rings (SSSR count). The molecule has 0 bridgehead atoms. The van der Waals surface area contributed by atoms with Crippen LogP contribution in [0.5, 0.6) is 0 Å². The summed E-state index contributed by atoms with van der Waals surface area (Å²) in [6.45, 7) is 2.42. The minimum absolute atomic E-state index is 0.0313. The van der Waals surface area contributed by atoms with Crippen LogP contribution < -0.4 is 0 Å². The molecule has 0 amide bonds. The third-order valence-corrected chi connectivity index (χ3v) is 5.72. The van der Waals surface area contributed by atoms with E-state index >= 15 is 0 Å². The molecule has 1 unspecified atom stereocenters. The number of hydrogen-bond acceptors (Lipinski definition) is 4. The molecule has 2 aromatic rings. The monoisotopic (exact) mass is 317 g/mol. The third-order valence-electron chi connectivity index (χ3n) is 3.87. The van der Waals surface area contributed by atoms with Gasteiger partial charge in [0.25, 0.3) is 0 Å². The second kappa shape index (κ2) is 6.14. The lowest BCUT2D eigenvalue weighted by molar-refractivity contribution is 0.388. The van der Waals surface area contributed by atoms with E-state index in [1.165, 1.54) is 0 Å². The summed E-state index contributed by atoms with van der Waals surface area (Å²) >= 11 is 0. The zero-order valence-corrected chi connectivity index (χ0v) is 13.3. The van der Waals surface area contributed by atoms with Crippen molar-refractivity contribution in [3.63, 3.8) is 0 Å². The largest absolute Gasteiger partial charge is 0.261 e. The molecule has 22 heavy (non-hydrogen) atoms. The van der Waals surface area contributed by atoms with Crippen LogP contribution in [0.15, 0.2) is 42.7 Å². The van der Waals surface area contributed by atoms with Crippen LogP contribution in [0, 0.1) is 6.92 Å². The van der Waals surface area contributed by atoms with E-state index in [1.54, 1.807) is 16.7 Å². The second-order valence-corrected chi connectivity index (χ2v) is 7.52. The highest BCUT2D eigenvalue weighted by Gasteiger charge is 2.36. The molecule has 1 aromatic heterocycles. The van der Waals surface area contributed by atoms with Crippen molar-refractivity contribution in [1.82, 2.24) is 14.3 Å². The maximum absolute atomic E-state index is 12.7. The summed E-state index contributed by atoms with van der Waals surface area (Å²) in [5.74, 6) is 0.0313. The minimum Gasteiger partial charge on any atom is -0.261 e. The first kappa shape index (κ1) is 15.1. The third kappa shape index (κ3) is 3.18. The molecular weight excluding hydrogens is 298 g/mol. The lowest BCUT2D eigenvalue weighted by Gasteiger charge is -2.23. The fourth-order valence-corrected chi connectivity index (χ4v) is 4.67. The number of sulfonamides is 1. The van der Waals surface area contributed by atoms with Gasteiger partial charge in [-0.15, -0.1) is 0 Å². The van der Waals surface area contributed by atoms with Gasteiger partial charge in [-0.05, 0) is 25.3 Å². The first-order chi connectivity index (χ1) is 10.6. The summed E-state index contributed by atoms with van der Waals surface area (Å²) in [4.78, 5) is 8.60. The Morgan fingerprint density at radius 1 is 1.23 bits per heavy atom. The maximum Gasteiger partial charge on any atom is 0.218 e. The molecule has 5 nitrogen and oxygen atoms in total. The predicted molar refractivity (Wildman–Crippen MR) is 84.5 cm³/mol. The van der Waals surface area contributed by atoms with Crippen LogP contribution in [0.3, 0.4) is 0 Å². The van der Waals surface area contributed by atoms with E-state index < -0.39 is 10.0 Å². The smallest absolute Gasteiger partial charge is 0.218 e. The molecule has 0 N–H and O–H groups in total. The standard InChI is InChI=1S/C16H19N3O2S/c1-13-10-17-11-15(18-13)16-8-5-9-19(16)22(20,21)12-14-6-3-2-4-7-14/h2-4,6-7,10-11,16H,5,8-9,12H2,1H3. The Hall–Kier alpha value is -1.79. The first-order valence-corrected chi connectivity index (χ1v) is 8.99. The van der Waals surface area contributed by atoms with Crippen molar-refractivity contribution in [2.45, 2.75) is 31.6 Å². The van der Waals surface area contributed by atoms with Gasteiger partial charge in [-0.3, -0.25) is 9.97 Å². The Bertz CT molecular complexity index is 747. The van der Waals surface area contributed by atoms with E-state index in [4.69, 9.17) is 0 Å². The molecule has 1 aliphatic heterocycles. The van der Waals surface area contributed by atoms with E-state index in [-0.39, 0.29) is 11.8 Å². The SMILES string of the molecule is Cc1cncc(C2CCCN2S(=O)(=O)Cc2ccccc2)n1. The van der Waals surface area contributed by atoms with E-state index in [0.717, 1.165) is 29.8 Å². The molecule has 0 spiro atoms. The molecule has 0 saturated carbocycles. The highest BCUT2D eigenvalue weighted by molar-refractivity contribution is 7.88. The van der Waals surface area contributed by atoms with Gasteiger partial charge >= 0.3 is 0 Å². The molecule has 1 saturated heterocycles. The fourth-order valence-electron chi connectivity index (χ4n) is 2.88. The topological polar surface area (TPSA) is 63.2 Å². The van der Waals surface area contributed by atoms with Gasteiger partial charge in [0.15, 0.2) is 0 Å². The van der Waals surface area contributed by atoms with Gasteiger partial charge in [0.2, 0.25) is 10.0 Å². The Labute approximate surface area is 131 Å². The van der Waals surface area contributed by atoms with Crippen LogP contribution in [-0.4, -0.2) is 29.2 Å². The maximum atomic E-state index is 12.7. The lowest BCUT2D eigenvalue weighted by atomic mass is 10.2. The van der Waals surface area contributed by atoms with Crippen molar-refractivity contribution in [2.24, 2.45) is 0 Å². The molecule has 2 heterocycles. The summed E-state index contributed by atoms with van der Waals surface area (Å²) < 4.78 is 27.1. The van der Waals surface area contributed by atoms with Gasteiger partial charge in [0.05, 0.1) is 29.4 Å². The number of aryl methyl sites for hydroxylation is 1. The Balaban J connectivity index is 1.86.